The van der Waals surface area contributed by atoms with E-state index in [1.807, 2.05) is 0 Å². The van der Waals surface area contributed by atoms with Gasteiger partial charge in [0.25, 0.3) is 0 Å². The monoisotopic (exact) mass is 321 g/mol. The van der Waals surface area contributed by atoms with Crippen molar-refractivity contribution in [1.82, 2.24) is 9.80 Å². The Balaban J connectivity index is 3.46. The topological polar surface area (TPSA) is 6.48 Å². The standard InChI is InChI=1S/2C5H12N.C2H5.Sn/c2*1-4-5-6(2)3;1-2;/h2*1,4-5H2,2-3H3;1H2,2H3;. The Morgan fingerprint density at radius 1 is 0.800 bits per heavy atom. The molecule has 15 heavy (non-hydrogen) atoms. The molecule has 0 bridgehead atoms. The molecule has 0 amide bonds. The molecular formula is C12H29N2Sn. The van der Waals surface area contributed by atoms with Crippen LogP contribution in [0.3, 0.4) is 0 Å². The molecule has 0 unspecified atom stereocenters. The van der Waals surface area contributed by atoms with Crippen molar-refractivity contribution in [3.05, 3.63) is 0 Å². The quantitative estimate of drug-likeness (QED) is 0.602. The molecule has 2 nitrogen and oxygen atoms in total. The molecule has 0 rings (SSSR count). The first-order valence-corrected chi connectivity index (χ1v) is 12.2. The van der Waals surface area contributed by atoms with Crippen LogP contribution in [0, 0.1) is 0 Å². The summed E-state index contributed by atoms with van der Waals surface area (Å²) in [6.45, 7) is 5.00. The van der Waals surface area contributed by atoms with Gasteiger partial charge in [0.2, 0.25) is 0 Å². The van der Waals surface area contributed by atoms with Gasteiger partial charge in [-0.05, 0) is 0 Å². The molecule has 0 N–H and O–H groups in total. The van der Waals surface area contributed by atoms with Crippen LogP contribution >= 0.6 is 0 Å². The predicted molar refractivity (Wildman–Crippen MR) is 72.2 cm³/mol. The van der Waals surface area contributed by atoms with E-state index >= 15 is 0 Å². The third-order valence-electron chi connectivity index (χ3n) is 2.77. The second-order valence-electron chi connectivity index (χ2n) is 4.92. The molecule has 0 spiro atoms. The molecular weight excluding hydrogens is 291 g/mol. The van der Waals surface area contributed by atoms with Crippen LogP contribution in [0.2, 0.25) is 13.3 Å². The Morgan fingerprint density at radius 3 is 1.47 bits per heavy atom. The molecule has 1 radical (unpaired) electrons. The van der Waals surface area contributed by atoms with Gasteiger partial charge in [0.1, 0.15) is 0 Å². The van der Waals surface area contributed by atoms with E-state index in [9.17, 15) is 0 Å². The SMILES string of the molecule is C[CH2][Sn]([CH2]CCN(C)C)[CH2]CCN(C)C. The van der Waals surface area contributed by atoms with Crippen molar-refractivity contribution in [2.24, 2.45) is 0 Å². The van der Waals surface area contributed by atoms with Crippen molar-refractivity contribution >= 4 is 19.8 Å². The second kappa shape index (κ2) is 9.91. The fourth-order valence-corrected chi connectivity index (χ4v) is 8.26. The van der Waals surface area contributed by atoms with Gasteiger partial charge in [0.15, 0.2) is 0 Å². The fourth-order valence-electron chi connectivity index (χ4n) is 1.77. The van der Waals surface area contributed by atoms with Gasteiger partial charge in [-0.1, -0.05) is 0 Å². The van der Waals surface area contributed by atoms with Gasteiger partial charge in [-0.3, -0.25) is 0 Å². The first-order valence-electron chi connectivity index (χ1n) is 6.19. The fraction of sp³-hybridized carbons (Fsp3) is 1.00. The van der Waals surface area contributed by atoms with Crippen LogP contribution in [0.1, 0.15) is 19.8 Å². The first kappa shape index (κ1) is 15.7. The van der Waals surface area contributed by atoms with Gasteiger partial charge < -0.3 is 0 Å². The summed E-state index contributed by atoms with van der Waals surface area (Å²) in [6, 6.07) is 0. The molecule has 3 heteroatoms. The van der Waals surface area contributed by atoms with Crippen molar-refractivity contribution in [1.29, 1.82) is 0 Å². The van der Waals surface area contributed by atoms with Crippen LogP contribution in [-0.2, 0) is 0 Å². The Bertz CT molecular complexity index is 124. The summed E-state index contributed by atoms with van der Waals surface area (Å²) in [4.78, 5) is 4.63. The maximum atomic E-state index is 2.42. The van der Waals surface area contributed by atoms with E-state index in [-0.39, 0.29) is 0 Å². The van der Waals surface area contributed by atoms with Gasteiger partial charge in [0, 0.05) is 0 Å². The van der Waals surface area contributed by atoms with Crippen LogP contribution in [-0.4, -0.2) is 70.8 Å². The van der Waals surface area contributed by atoms with E-state index in [4.69, 9.17) is 0 Å². The third-order valence-corrected chi connectivity index (χ3v) is 11.7. The van der Waals surface area contributed by atoms with E-state index in [1.54, 1.807) is 13.3 Å². The number of hydrogen-bond donors (Lipinski definition) is 0. The Hall–Kier alpha value is 0.719. The Morgan fingerprint density at radius 2 is 1.20 bits per heavy atom. The van der Waals surface area contributed by atoms with E-state index in [2.05, 4.69) is 44.9 Å². The molecule has 91 valence electrons. The number of nitrogens with zero attached hydrogens (tertiary/aromatic N) is 2. The third kappa shape index (κ3) is 11.0. The average molecular weight is 320 g/mol. The first-order chi connectivity index (χ1) is 7.06. The minimum absolute atomic E-state index is 0.939. The van der Waals surface area contributed by atoms with Crippen molar-refractivity contribution in [3.63, 3.8) is 0 Å². The minimum atomic E-state index is -0.939. The molecule has 0 aliphatic rings. The Labute approximate surface area is 104 Å². The van der Waals surface area contributed by atoms with Crippen LogP contribution < -0.4 is 0 Å². The molecule has 0 aliphatic heterocycles. The van der Waals surface area contributed by atoms with Crippen molar-refractivity contribution in [2.45, 2.75) is 33.1 Å². The van der Waals surface area contributed by atoms with Crippen molar-refractivity contribution < 1.29 is 0 Å². The summed E-state index contributed by atoms with van der Waals surface area (Å²) < 4.78 is 4.75. The predicted octanol–water partition coefficient (Wildman–Crippen LogP) is 2.40. The normalized spacial score (nSPS) is 12.0. The van der Waals surface area contributed by atoms with E-state index in [0.717, 1.165) is 0 Å². The molecule has 0 atom stereocenters. The maximum absolute atomic E-state index is 2.42. The van der Waals surface area contributed by atoms with Crippen LogP contribution in [0.15, 0.2) is 0 Å². The zero-order valence-corrected chi connectivity index (χ0v) is 14.2. The number of hydrogen-bond acceptors (Lipinski definition) is 2. The van der Waals surface area contributed by atoms with Crippen LogP contribution in [0.4, 0.5) is 0 Å². The molecule has 0 aliphatic carbocycles. The van der Waals surface area contributed by atoms with Crippen LogP contribution in [0.5, 0.6) is 0 Å². The van der Waals surface area contributed by atoms with Gasteiger partial charge in [-0.25, -0.2) is 0 Å². The molecule has 0 saturated carbocycles. The zero-order valence-electron chi connectivity index (χ0n) is 11.3. The second-order valence-corrected chi connectivity index (χ2v) is 14.1. The summed E-state index contributed by atoms with van der Waals surface area (Å²) in [6.07, 6.45) is 2.88. The molecule has 0 aromatic rings. The summed E-state index contributed by atoms with van der Waals surface area (Å²) >= 11 is -0.939. The Kier molecular flexibility index (Phi) is 10.4. The zero-order chi connectivity index (χ0) is 11.7. The molecule has 0 heterocycles. The van der Waals surface area contributed by atoms with Crippen molar-refractivity contribution in [2.75, 3.05) is 41.3 Å². The molecule has 0 aromatic heterocycles. The molecule has 0 fully saturated rings. The van der Waals surface area contributed by atoms with Gasteiger partial charge >= 0.3 is 104 Å². The van der Waals surface area contributed by atoms with E-state index < -0.39 is 19.8 Å². The van der Waals surface area contributed by atoms with Crippen LogP contribution in [0.25, 0.3) is 0 Å². The van der Waals surface area contributed by atoms with Gasteiger partial charge in [-0.2, -0.15) is 0 Å². The average Bonchev–Trinajstić information content (AvgIpc) is 2.14. The molecule has 0 aromatic carbocycles. The molecule has 0 saturated heterocycles. The van der Waals surface area contributed by atoms with Gasteiger partial charge in [0.05, 0.1) is 0 Å². The summed E-state index contributed by atoms with van der Waals surface area (Å²) in [5, 5.41) is 0. The van der Waals surface area contributed by atoms with E-state index in [1.165, 1.54) is 25.9 Å². The van der Waals surface area contributed by atoms with Crippen molar-refractivity contribution in [3.8, 4) is 0 Å². The van der Waals surface area contributed by atoms with Gasteiger partial charge in [-0.15, -0.1) is 0 Å². The summed E-state index contributed by atoms with van der Waals surface area (Å²) in [5.74, 6) is 0. The summed E-state index contributed by atoms with van der Waals surface area (Å²) in [5.41, 5.74) is 0. The summed E-state index contributed by atoms with van der Waals surface area (Å²) in [7, 11) is 8.73. The van der Waals surface area contributed by atoms with E-state index in [0.29, 0.717) is 0 Å². The number of rotatable bonds is 9.